The lowest BCUT2D eigenvalue weighted by Gasteiger charge is -2.57. The van der Waals surface area contributed by atoms with Crippen molar-refractivity contribution in [1.82, 2.24) is 9.13 Å². The average molecular weight is 483 g/mol. The molecule has 3 aliphatic rings. The van der Waals surface area contributed by atoms with Gasteiger partial charge < -0.3 is 18.6 Å². The molecule has 2 aromatic carbocycles. The zero-order valence-electron chi connectivity index (χ0n) is 21.3. The van der Waals surface area contributed by atoms with Gasteiger partial charge in [-0.2, -0.15) is 0 Å². The number of fused-ring (bicyclic) bond motifs is 12. The number of nitrogens with zero attached hydrogens (tertiary/aromatic N) is 2. The zero-order valence-corrected chi connectivity index (χ0v) is 21.3. The fourth-order valence-corrected chi connectivity index (χ4v) is 7.60. The third kappa shape index (κ3) is 2.62. The Kier molecular flexibility index (Phi) is 4.11. The number of aromatic nitrogens is 2. The normalized spacial score (nSPS) is 27.5. The van der Waals surface area contributed by atoms with Crippen molar-refractivity contribution in [3.05, 3.63) is 80.4 Å². The van der Waals surface area contributed by atoms with Crippen LogP contribution < -0.4 is 20.6 Å². The number of benzene rings is 2. The Hall–Kier alpha value is -3.54. The highest BCUT2D eigenvalue weighted by Gasteiger charge is 2.59. The van der Waals surface area contributed by atoms with Gasteiger partial charge in [-0.1, -0.05) is 24.3 Å². The van der Waals surface area contributed by atoms with Gasteiger partial charge in [0.1, 0.15) is 22.7 Å². The van der Waals surface area contributed by atoms with Gasteiger partial charge in [-0.15, -0.1) is 0 Å². The van der Waals surface area contributed by atoms with E-state index in [2.05, 4.69) is 20.8 Å². The molecular formula is C30H30N2O4. The summed E-state index contributed by atoms with van der Waals surface area (Å²) in [5.74, 6) is 1.19. The van der Waals surface area contributed by atoms with Gasteiger partial charge in [0.2, 0.25) is 0 Å². The summed E-state index contributed by atoms with van der Waals surface area (Å²) in [4.78, 5) is 27.7. The van der Waals surface area contributed by atoms with Crippen molar-refractivity contribution in [2.45, 2.75) is 56.7 Å². The molecule has 36 heavy (non-hydrogen) atoms. The van der Waals surface area contributed by atoms with Gasteiger partial charge in [0.25, 0.3) is 11.1 Å². The number of ether oxygens (including phenoxy) is 2. The van der Waals surface area contributed by atoms with Crippen LogP contribution in [0.15, 0.2) is 58.1 Å². The number of hydrogen-bond donors (Lipinski definition) is 0. The second-order valence-corrected chi connectivity index (χ2v) is 11.7. The number of hydrogen-bond acceptors (Lipinski definition) is 4. The molecule has 4 aromatic rings. The first-order valence-corrected chi connectivity index (χ1v) is 12.7. The highest BCUT2D eigenvalue weighted by atomic mass is 16.5. The smallest absolute Gasteiger partial charge is 0.258 e. The third-order valence-electron chi connectivity index (χ3n) is 9.01. The topological polar surface area (TPSA) is 62.5 Å². The van der Waals surface area contributed by atoms with E-state index in [-0.39, 0.29) is 28.9 Å². The molecule has 1 saturated carbocycles. The molecule has 0 unspecified atom stereocenters. The van der Waals surface area contributed by atoms with Gasteiger partial charge in [-0.25, -0.2) is 0 Å². The summed E-state index contributed by atoms with van der Waals surface area (Å²) in [7, 11) is 3.66. The van der Waals surface area contributed by atoms with Crippen molar-refractivity contribution in [1.29, 1.82) is 0 Å². The van der Waals surface area contributed by atoms with E-state index in [1.54, 1.807) is 9.13 Å². The first kappa shape index (κ1) is 21.7. The van der Waals surface area contributed by atoms with Crippen LogP contribution in [0.4, 0.5) is 0 Å². The molecule has 2 bridgehead atoms. The van der Waals surface area contributed by atoms with Gasteiger partial charge in [0, 0.05) is 42.6 Å². The van der Waals surface area contributed by atoms with Gasteiger partial charge in [0.05, 0.1) is 22.2 Å². The summed E-state index contributed by atoms with van der Waals surface area (Å²) >= 11 is 0. The van der Waals surface area contributed by atoms with Crippen LogP contribution in [-0.2, 0) is 14.1 Å². The van der Waals surface area contributed by atoms with Crippen molar-refractivity contribution < 1.29 is 9.47 Å². The fraction of sp³-hybridized carbons (Fsp3) is 0.400. The van der Waals surface area contributed by atoms with E-state index in [9.17, 15) is 9.59 Å². The average Bonchev–Trinajstić information content (AvgIpc) is 2.84. The summed E-state index contributed by atoms with van der Waals surface area (Å²) in [6, 6.07) is 15.9. The molecule has 0 amide bonds. The van der Waals surface area contributed by atoms with Crippen molar-refractivity contribution in [2.24, 2.45) is 20.0 Å². The summed E-state index contributed by atoms with van der Waals surface area (Å²) in [6.07, 6.45) is 1.43. The second kappa shape index (κ2) is 6.81. The Bertz CT molecular complexity index is 1630. The lowest BCUT2D eigenvalue weighted by molar-refractivity contribution is -0.0798. The molecular weight excluding hydrogens is 452 g/mol. The van der Waals surface area contributed by atoms with E-state index in [1.807, 2.05) is 62.6 Å². The number of para-hydroxylation sites is 2. The van der Waals surface area contributed by atoms with Gasteiger partial charge >= 0.3 is 0 Å². The molecule has 6 nitrogen and oxygen atoms in total. The van der Waals surface area contributed by atoms with Crippen LogP contribution in [0.2, 0.25) is 0 Å². The molecule has 0 N–H and O–H groups in total. The molecule has 6 heteroatoms. The molecule has 2 aromatic heterocycles. The number of aryl methyl sites for hydroxylation is 2. The maximum Gasteiger partial charge on any atom is 0.258 e. The summed E-state index contributed by atoms with van der Waals surface area (Å²) in [5, 5.41) is 1.91. The first-order chi connectivity index (χ1) is 17.1. The van der Waals surface area contributed by atoms with Crippen molar-refractivity contribution in [2.75, 3.05) is 0 Å². The minimum absolute atomic E-state index is 0.0237. The van der Waals surface area contributed by atoms with E-state index < -0.39 is 11.2 Å². The minimum atomic E-state index is -0.579. The monoisotopic (exact) mass is 482 g/mol. The maximum absolute atomic E-state index is 13.8. The molecule has 1 aliphatic carbocycles. The summed E-state index contributed by atoms with van der Waals surface area (Å²) in [5.41, 5.74) is 2.06. The van der Waals surface area contributed by atoms with Crippen molar-refractivity contribution >= 4 is 21.8 Å². The van der Waals surface area contributed by atoms with Gasteiger partial charge in [0.15, 0.2) is 0 Å². The third-order valence-corrected chi connectivity index (χ3v) is 9.01. The minimum Gasteiger partial charge on any atom is -0.486 e. The second-order valence-electron chi connectivity index (χ2n) is 11.7. The van der Waals surface area contributed by atoms with Crippen molar-refractivity contribution in [3.63, 3.8) is 0 Å². The highest BCUT2D eigenvalue weighted by Crippen LogP contribution is 2.62. The van der Waals surface area contributed by atoms with Crippen LogP contribution >= 0.6 is 0 Å². The molecule has 0 radical (unpaired) electrons. The van der Waals surface area contributed by atoms with E-state index >= 15 is 0 Å². The Labute approximate surface area is 209 Å². The van der Waals surface area contributed by atoms with E-state index in [1.165, 1.54) is 0 Å². The Morgan fingerprint density at radius 1 is 0.722 bits per heavy atom. The number of pyridine rings is 2. The maximum atomic E-state index is 13.8. The standard InChI is InChI=1S/C30H30N2O4/c1-29(2)24-18(22-25(35-29)16-10-6-8-12-20(16)31(4)27(22)33)14-30(3)15-19(24)23-26(36-30)17-11-7-9-13-21(17)32(5)28(23)34/h6-13,18-19,24H,14-15H2,1-5H3/t18-,19+,24+,30-/m1/s1. The van der Waals surface area contributed by atoms with Crippen LogP contribution in [0.3, 0.4) is 0 Å². The van der Waals surface area contributed by atoms with E-state index in [0.29, 0.717) is 17.9 Å². The van der Waals surface area contributed by atoms with Gasteiger partial charge in [-0.3, -0.25) is 9.59 Å². The zero-order chi connectivity index (χ0) is 25.1. The molecule has 0 spiro atoms. The van der Waals surface area contributed by atoms with Crippen LogP contribution in [0.1, 0.15) is 56.6 Å². The Morgan fingerprint density at radius 3 is 1.67 bits per heavy atom. The Balaban J connectivity index is 1.54. The van der Waals surface area contributed by atoms with Crippen LogP contribution in [-0.4, -0.2) is 20.3 Å². The quantitative estimate of drug-likeness (QED) is 0.354. The molecule has 2 aliphatic heterocycles. The van der Waals surface area contributed by atoms with Gasteiger partial charge in [-0.05, 0) is 57.9 Å². The number of rotatable bonds is 0. The lowest BCUT2D eigenvalue weighted by atomic mass is 9.56. The summed E-state index contributed by atoms with van der Waals surface area (Å²) in [6.45, 7) is 6.37. The van der Waals surface area contributed by atoms with E-state index in [0.717, 1.165) is 39.4 Å². The fourth-order valence-electron chi connectivity index (χ4n) is 7.60. The summed E-state index contributed by atoms with van der Waals surface area (Å²) < 4.78 is 17.0. The highest BCUT2D eigenvalue weighted by molar-refractivity contribution is 5.88. The molecule has 4 atom stereocenters. The molecule has 0 saturated heterocycles. The molecule has 184 valence electrons. The Morgan fingerprint density at radius 2 is 1.17 bits per heavy atom. The van der Waals surface area contributed by atoms with Crippen LogP contribution in [0.5, 0.6) is 11.5 Å². The first-order valence-electron chi connectivity index (χ1n) is 12.7. The largest absolute Gasteiger partial charge is 0.486 e. The van der Waals surface area contributed by atoms with Crippen LogP contribution in [0.25, 0.3) is 21.8 Å². The molecule has 4 heterocycles. The van der Waals surface area contributed by atoms with Crippen molar-refractivity contribution in [3.8, 4) is 11.5 Å². The van der Waals surface area contributed by atoms with Crippen LogP contribution in [0, 0.1) is 5.92 Å². The SMILES string of the molecule is Cn1c(=O)c2c(c3ccccc31)OC(C)(C)[C@H]1[C@@H]2C[C@]2(C)C[C@H]1c1c(c3ccccc3n(C)c1=O)O2. The predicted octanol–water partition coefficient (Wildman–Crippen LogP) is 4.99. The molecule has 1 fully saturated rings. The molecule has 7 rings (SSSR count). The van der Waals surface area contributed by atoms with E-state index in [4.69, 9.17) is 9.47 Å². The lowest BCUT2D eigenvalue weighted by Crippen LogP contribution is -2.58. The predicted molar refractivity (Wildman–Crippen MR) is 140 cm³/mol.